The summed E-state index contributed by atoms with van der Waals surface area (Å²) in [6.45, 7) is -0.156. The smallest absolute Gasteiger partial charge is 0.380 e. The minimum Gasteiger partial charge on any atom is -0.463 e. The van der Waals surface area contributed by atoms with E-state index in [2.05, 4.69) is 34.9 Å². The molecule has 9 aromatic rings. The zero-order valence-corrected chi connectivity index (χ0v) is 70.9. The molecule has 3 unspecified atom stereocenters. The molecule has 3 fully saturated rings. The van der Waals surface area contributed by atoms with Gasteiger partial charge in [-0.1, -0.05) is 111 Å². The van der Waals surface area contributed by atoms with Crippen molar-refractivity contribution in [1.82, 2.24) is 48.6 Å². The molecule has 0 aliphatic carbocycles. The summed E-state index contributed by atoms with van der Waals surface area (Å²) in [4.78, 5) is 86.2. The molecule has 0 saturated carbocycles. The molecule has 0 bridgehead atoms. The lowest BCUT2D eigenvalue weighted by Crippen LogP contribution is -2.42. The van der Waals surface area contributed by atoms with Gasteiger partial charge >= 0.3 is 40.7 Å². The number of benzene rings is 3. The van der Waals surface area contributed by atoms with Crippen molar-refractivity contribution in [3.8, 4) is 52.8 Å². The molecule has 126 heavy (non-hydrogen) atoms. The Bertz CT molecular complexity index is 6140. The molecular formula is C80H91F7N13O23P3. The fourth-order valence-corrected chi connectivity index (χ4v) is 17.6. The molecular weight excluding hydrogens is 1740 g/mol. The largest absolute Gasteiger partial charge is 0.463 e. The standard InChI is InChI=1S/C27H30F3N4O8P.C27H31F2N4O8P.C26H30F2N5O7P/c1-15(2)40-24(37)16(3)14-43(38,42-17-8-5-4-6-9-17)39-13-19-21(35)27(30,10-7-11-28)25(41-19)34-12-18(29)20-22(34)32-26(31)33-23(20)36;1-16(2)39-24(36)17(3)15-42(37,41-18-8-5-4-6-9-18)38-14-20-21(34)27(29,11-7-12-28)25(40-20)33-13-10-19-22(33)31-26(30)32-23(19)35;1-16(2)38-23(35)17(3)14-41(36,40-18-8-5-4-6-9-18)37-13-20-21(34)26(28,10-7-11-27)24(39-20)33-15-31-19-12-30-25(29)32-22(19)33/h4-6,8-9,12,15-16,19,21,25,35H,11,13-14H2,1-3H3,(H3,31,32,33,36);4-6,8-10,13,16-17,20-21,25,34H,12,14-15H2,1-3H3,(H3,30,31,32,35);4-6,8-9,12,15-17,20-21,24,34H,11,13-14H2,1-3H3,(H2,29,30,32)/t16-,19-,21+,25-,27?,43+;17-,20-,21+,25-,27?,42+;17-,20-,21+,24-,26?,41+/m111/s1/i13D2;14D2;13D2. The van der Waals surface area contributed by atoms with Gasteiger partial charge in [-0.25, -0.2) is 54.4 Å². The van der Waals surface area contributed by atoms with E-state index in [0.29, 0.717) is 10.8 Å². The van der Waals surface area contributed by atoms with Crippen LogP contribution in [0.4, 0.5) is 48.6 Å². The van der Waals surface area contributed by atoms with Crippen LogP contribution in [0.15, 0.2) is 132 Å². The fraction of sp³-hybridized carbons (Fsp3) is 0.450. The number of esters is 3. The average molecular weight is 1830 g/mol. The third kappa shape index (κ3) is 23.1. The lowest BCUT2D eigenvalue weighted by Gasteiger charge is -2.25. The van der Waals surface area contributed by atoms with Crippen LogP contribution in [0.1, 0.15) is 89.2 Å². The molecule has 6 aromatic heterocycles. The number of alkyl halides is 6. The van der Waals surface area contributed by atoms with Crippen LogP contribution in [0.5, 0.6) is 17.2 Å². The van der Waals surface area contributed by atoms with Crippen LogP contribution in [0.25, 0.3) is 33.2 Å². The molecule has 3 aromatic carbocycles. The number of nitrogens with zero attached hydrogens (tertiary/aromatic N) is 8. The number of hydrogen-bond acceptors (Lipinski definition) is 31. The number of nitrogens with two attached hydrogens (primary N) is 3. The fourth-order valence-electron chi connectivity index (χ4n) is 12.5. The predicted octanol–water partition coefficient (Wildman–Crippen LogP) is 9.61. The van der Waals surface area contributed by atoms with Crippen molar-refractivity contribution in [2.24, 2.45) is 17.8 Å². The molecule has 18 atom stereocenters. The summed E-state index contributed by atoms with van der Waals surface area (Å²) in [5.41, 5.74) is 4.79. The van der Waals surface area contributed by atoms with E-state index in [1.165, 1.54) is 87.8 Å². The van der Waals surface area contributed by atoms with Crippen LogP contribution in [0, 0.1) is 59.1 Å². The molecule has 0 spiro atoms. The van der Waals surface area contributed by atoms with Gasteiger partial charge in [0.25, 0.3) is 11.1 Å². The first-order valence-corrected chi connectivity index (χ1v) is 43.4. The number of aliphatic hydroxyl groups is 3. The molecule has 12 rings (SSSR count). The highest BCUT2D eigenvalue weighted by molar-refractivity contribution is 7.55. The lowest BCUT2D eigenvalue weighted by molar-refractivity contribution is -0.152. The molecule has 11 N–H and O–H groups in total. The van der Waals surface area contributed by atoms with E-state index in [1.807, 2.05) is 29.6 Å². The van der Waals surface area contributed by atoms with E-state index in [0.717, 1.165) is 15.5 Å². The monoisotopic (exact) mass is 1830 g/mol. The van der Waals surface area contributed by atoms with Crippen molar-refractivity contribution in [1.29, 1.82) is 0 Å². The molecule has 46 heteroatoms. The average Bonchev–Trinajstić information content (AvgIpc) is 1.59. The van der Waals surface area contributed by atoms with Crippen molar-refractivity contribution < 1.29 is 138 Å². The van der Waals surface area contributed by atoms with Crippen LogP contribution in [0.2, 0.25) is 0 Å². The Hall–Kier alpha value is -11.2. The maximum atomic E-state index is 16.6. The second-order valence-corrected chi connectivity index (χ2v) is 34.9. The second kappa shape index (κ2) is 41.5. The van der Waals surface area contributed by atoms with E-state index in [4.69, 9.17) is 81.0 Å². The topological polar surface area (TPSA) is 497 Å². The molecule has 36 nitrogen and oxygen atoms in total. The third-order valence-corrected chi connectivity index (χ3v) is 23.7. The number of aromatic nitrogens is 10. The van der Waals surface area contributed by atoms with Gasteiger partial charge < -0.3 is 79.1 Å². The number of hydrogen-bond donors (Lipinski definition) is 8. The van der Waals surface area contributed by atoms with Gasteiger partial charge in [-0.3, -0.25) is 56.6 Å². The number of halogens is 7. The highest BCUT2D eigenvalue weighted by Gasteiger charge is 2.62. The number of ether oxygens (including phenoxy) is 6. The number of aliphatic hydroxyl groups excluding tert-OH is 3. The van der Waals surface area contributed by atoms with Crippen molar-refractivity contribution in [3.05, 3.63) is 149 Å². The number of anilines is 3. The van der Waals surface area contributed by atoms with Gasteiger partial charge in [0.15, 0.2) is 41.4 Å². The molecule has 0 amide bonds. The van der Waals surface area contributed by atoms with Crippen LogP contribution in [0.3, 0.4) is 0 Å². The van der Waals surface area contributed by atoms with E-state index < -0.39 is 241 Å². The summed E-state index contributed by atoms with van der Waals surface area (Å²) in [7, 11) is -14.0. The zero-order valence-electron chi connectivity index (χ0n) is 74.3. The van der Waals surface area contributed by atoms with Gasteiger partial charge in [0, 0.05) is 12.4 Å². The van der Waals surface area contributed by atoms with Gasteiger partial charge in [-0.2, -0.15) is 15.0 Å². The van der Waals surface area contributed by atoms with Crippen molar-refractivity contribution >= 4 is 91.8 Å². The molecule has 3 aliphatic rings. The number of imidazole rings is 1. The highest BCUT2D eigenvalue weighted by atomic mass is 31.2. The SMILES string of the molecule is [2H]C([2H])(O[P@@](=O)(C[C@@H](C)C(=O)OC(C)C)Oc1ccccc1)[C@H]1O[C@@H](n2cc(F)c3c(=O)[nH]c(N)nc32)C(F)(C#CCF)[C@H]1O.[2H]C([2H])(O[P@@](=O)(C[C@@H](C)C(=O)OC(C)C)Oc1ccccc1)[C@H]1O[C@@H](n2ccc3c(=O)[nH]c(N)nc32)C(F)(C#CCF)[C@H]1O.[2H]C([2H])(O[P@@](=O)(C[C@@H](C)C(=O)OC(C)C)Oc1ccccc1)[C@H]1O[C@@H](n2cnc3cnc(N)nc32)C(F)(C#CCF)[C@H]1O. The quantitative estimate of drug-likeness (QED) is 0.00682. The van der Waals surface area contributed by atoms with Crippen molar-refractivity contribution in [2.75, 3.05) is 75.4 Å². The van der Waals surface area contributed by atoms with Gasteiger partial charge in [0.1, 0.15) is 84.8 Å². The first-order chi connectivity index (χ1) is 61.8. The number of carbonyl (C=O) groups is 3. The van der Waals surface area contributed by atoms with E-state index in [9.17, 15) is 70.5 Å². The maximum absolute atomic E-state index is 16.6. The normalized spacial score (nSPS) is 25.2. The molecule has 0 radical (unpaired) electrons. The summed E-state index contributed by atoms with van der Waals surface area (Å²) in [6.07, 6.45) is -20.0. The molecule has 3 saturated heterocycles. The summed E-state index contributed by atoms with van der Waals surface area (Å²) >= 11 is 0. The maximum Gasteiger partial charge on any atom is 0.380 e. The Kier molecular flexibility index (Phi) is 29.0. The summed E-state index contributed by atoms with van der Waals surface area (Å²) < 4.78 is 265. The zero-order chi connectivity index (χ0) is 97.3. The van der Waals surface area contributed by atoms with Crippen molar-refractivity contribution in [3.63, 3.8) is 0 Å². The number of aromatic amines is 2. The number of nitrogen functional groups attached to an aromatic ring is 3. The highest BCUT2D eigenvalue weighted by Crippen LogP contribution is 2.56. The van der Waals surface area contributed by atoms with Crippen LogP contribution in [-0.4, -0.2) is 212 Å². The first kappa shape index (κ1) is 88.2. The number of H-pyrrole nitrogens is 2. The Morgan fingerprint density at radius 1 is 0.524 bits per heavy atom. The second-order valence-electron chi connectivity index (χ2n) is 29.1. The van der Waals surface area contributed by atoms with Crippen LogP contribution < -0.4 is 41.9 Å². The number of fused-ring (bicyclic) bond motifs is 3. The predicted molar refractivity (Wildman–Crippen MR) is 439 cm³/mol. The van der Waals surface area contributed by atoms with Crippen molar-refractivity contribution in [2.45, 2.75) is 153 Å². The summed E-state index contributed by atoms with van der Waals surface area (Å²) in [6, 6.07) is 23.9. The van der Waals surface area contributed by atoms with Gasteiger partial charge in [-0.15, -0.1) is 0 Å². The Balaban J connectivity index is 0.000000205. The van der Waals surface area contributed by atoms with Gasteiger partial charge in [0.2, 0.25) is 34.9 Å². The molecule has 3 aliphatic heterocycles. The minimum absolute atomic E-state index is 0.00294. The third-order valence-electron chi connectivity index (χ3n) is 18.1. The number of nitrogens with one attached hydrogen (secondary N) is 2. The number of para-hydroxylation sites is 3. The Labute approximate surface area is 723 Å². The van der Waals surface area contributed by atoms with Crippen LogP contribution in [-0.2, 0) is 70.1 Å². The summed E-state index contributed by atoms with van der Waals surface area (Å²) in [5.74, 6) is 3.43. The van der Waals surface area contributed by atoms with E-state index >= 15 is 13.2 Å². The lowest BCUT2D eigenvalue weighted by atomic mass is 9.96. The van der Waals surface area contributed by atoms with Crippen LogP contribution >= 0.6 is 22.8 Å². The van der Waals surface area contributed by atoms with Gasteiger partial charge in [-0.05, 0) is 84.0 Å². The van der Waals surface area contributed by atoms with Gasteiger partial charge in [0.05, 0.1) is 100 Å². The minimum atomic E-state index is -4.72. The molecule has 678 valence electrons. The number of rotatable bonds is 30. The first-order valence-electron chi connectivity index (χ1n) is 41.2. The van der Waals surface area contributed by atoms with E-state index in [1.54, 1.807) is 89.9 Å². The van der Waals surface area contributed by atoms with E-state index in [-0.39, 0.29) is 51.3 Å². The Morgan fingerprint density at radius 2 is 0.881 bits per heavy atom. The summed E-state index contributed by atoms with van der Waals surface area (Å²) in [5, 5.41) is 32.5. The number of carbonyl (C=O) groups excluding carboxylic acids is 3. The molecule has 9 heterocycles. The Morgan fingerprint density at radius 3 is 1.25 bits per heavy atom.